The first-order chi connectivity index (χ1) is 19.0. The van der Waals surface area contributed by atoms with Gasteiger partial charge in [-0.3, -0.25) is 0 Å². The fourth-order valence-electron chi connectivity index (χ4n) is 4.11. The number of hydrogen-bond acceptors (Lipinski definition) is 0. The summed E-state index contributed by atoms with van der Waals surface area (Å²) in [5.41, 5.74) is 11.9. The Labute approximate surface area is 262 Å². The van der Waals surface area contributed by atoms with Crippen LogP contribution in [0.25, 0.3) is 0 Å². The van der Waals surface area contributed by atoms with Gasteiger partial charge >= 0.3 is 21.1 Å². The molecule has 1 heteroatoms. The fourth-order valence-corrected chi connectivity index (χ4v) is 4.11. The van der Waals surface area contributed by atoms with Gasteiger partial charge in [0.15, 0.2) is 0 Å². The van der Waals surface area contributed by atoms with Crippen LogP contribution in [0.4, 0.5) is 0 Å². The van der Waals surface area contributed by atoms with Crippen LogP contribution in [0.5, 0.6) is 0 Å². The molecule has 0 N–H and O–H groups in total. The minimum Gasteiger partial charge on any atom is -0.198 e. The van der Waals surface area contributed by atoms with Crippen molar-refractivity contribution in [2.45, 2.75) is 74.7 Å². The molecule has 0 spiro atoms. The first kappa shape index (κ1) is 39.2. The molecule has 4 rings (SSSR count). The molecule has 4 aromatic rings. The van der Waals surface area contributed by atoms with Crippen LogP contribution < -0.4 is 0 Å². The number of benzene rings is 4. The molecular formula is C39H52Pt. The summed E-state index contributed by atoms with van der Waals surface area (Å²) in [6.45, 7) is 33.2. The third kappa shape index (κ3) is 11.7. The van der Waals surface area contributed by atoms with E-state index in [4.69, 9.17) is 0 Å². The Kier molecular flexibility index (Phi) is 22.4. The minimum atomic E-state index is 0. The van der Waals surface area contributed by atoms with Crippen molar-refractivity contribution in [3.63, 3.8) is 0 Å². The molecule has 0 radical (unpaired) electrons. The van der Waals surface area contributed by atoms with E-state index in [1.807, 2.05) is 67.5 Å². The molecule has 4 aromatic carbocycles. The molecule has 218 valence electrons. The molecule has 0 fully saturated rings. The van der Waals surface area contributed by atoms with E-state index in [0.29, 0.717) is 0 Å². The van der Waals surface area contributed by atoms with Crippen molar-refractivity contribution in [1.29, 1.82) is 0 Å². The van der Waals surface area contributed by atoms with Gasteiger partial charge in [-0.1, -0.05) is 98.9 Å². The number of rotatable bonds is 6. The second-order valence-electron chi connectivity index (χ2n) is 8.18. The molecule has 0 atom stereocenters. The van der Waals surface area contributed by atoms with Gasteiger partial charge in [0.25, 0.3) is 0 Å². The van der Waals surface area contributed by atoms with Crippen molar-refractivity contribution in [2.24, 2.45) is 0 Å². The van der Waals surface area contributed by atoms with Crippen LogP contribution >= 0.6 is 0 Å². The smallest absolute Gasteiger partial charge is 0.198 e. The average Bonchev–Trinajstić information content (AvgIpc) is 2.99. The zero-order valence-electron chi connectivity index (χ0n) is 26.3. The van der Waals surface area contributed by atoms with Gasteiger partial charge in [0.1, 0.15) is 0 Å². The first-order valence-electron chi connectivity index (χ1n) is 14.7. The molecule has 0 aliphatic carbocycles. The van der Waals surface area contributed by atoms with E-state index in [1.165, 1.54) is 33.4 Å². The van der Waals surface area contributed by atoms with E-state index in [-0.39, 0.29) is 21.1 Å². The summed E-state index contributed by atoms with van der Waals surface area (Å²) in [4.78, 5) is 0. The minimum absolute atomic E-state index is 0. The van der Waals surface area contributed by atoms with Crippen molar-refractivity contribution < 1.29 is 21.1 Å². The summed E-state index contributed by atoms with van der Waals surface area (Å²) in [6.07, 6.45) is 2.53. The maximum absolute atomic E-state index is 4.42. The van der Waals surface area contributed by atoms with Gasteiger partial charge in [0.05, 0.1) is 0 Å². The zero-order valence-corrected chi connectivity index (χ0v) is 28.6. The van der Waals surface area contributed by atoms with Gasteiger partial charge in [-0.2, -0.15) is 95.5 Å². The van der Waals surface area contributed by atoms with Gasteiger partial charge in [-0.15, -0.1) is 48.5 Å². The maximum Gasteiger partial charge on any atom is 4.00 e. The third-order valence-electron chi connectivity index (χ3n) is 6.12. The molecule has 0 aromatic heterocycles. The Morgan fingerprint density at radius 2 is 0.575 bits per heavy atom. The van der Waals surface area contributed by atoms with E-state index in [1.54, 1.807) is 0 Å². The Morgan fingerprint density at radius 3 is 0.850 bits per heavy atom. The molecule has 0 aliphatic heterocycles. The Balaban J connectivity index is 0. The molecule has 0 saturated carbocycles. The van der Waals surface area contributed by atoms with Gasteiger partial charge in [-0.05, 0) is 0 Å². The predicted molar refractivity (Wildman–Crippen MR) is 177 cm³/mol. The molecule has 0 aliphatic rings. The Morgan fingerprint density at radius 1 is 0.350 bits per heavy atom. The predicted octanol–water partition coefficient (Wildman–Crippen LogP) is 11.3. The topological polar surface area (TPSA) is 0 Å². The normalized spacial score (nSPS) is 9.00. The van der Waals surface area contributed by atoms with Crippen LogP contribution in [0.3, 0.4) is 0 Å². The van der Waals surface area contributed by atoms with Gasteiger partial charge in [-0.25, -0.2) is 0 Å². The summed E-state index contributed by atoms with van der Waals surface area (Å²) in [5, 5.41) is 0. The summed E-state index contributed by atoms with van der Waals surface area (Å²) >= 11 is 0. The van der Waals surface area contributed by atoms with Gasteiger partial charge in [0.2, 0.25) is 0 Å². The molecule has 0 bridgehead atoms. The second kappa shape index (κ2) is 22.8. The van der Waals surface area contributed by atoms with Crippen molar-refractivity contribution in [3.8, 4) is 0 Å². The van der Waals surface area contributed by atoms with E-state index in [0.717, 1.165) is 41.5 Å². The molecule has 0 unspecified atom stereocenters. The van der Waals surface area contributed by atoms with E-state index >= 15 is 0 Å². The largest absolute Gasteiger partial charge is 4.00 e. The summed E-state index contributed by atoms with van der Waals surface area (Å²) in [7, 11) is 0. The van der Waals surface area contributed by atoms with Crippen LogP contribution in [-0.4, -0.2) is 0 Å². The summed E-state index contributed by atoms with van der Waals surface area (Å²) in [5.74, 6) is 0. The Hall–Kier alpha value is -2.95. The van der Waals surface area contributed by atoms with E-state index < -0.39 is 0 Å². The quantitative estimate of drug-likeness (QED) is 0.174. The first-order valence-corrected chi connectivity index (χ1v) is 14.7. The molecule has 0 heterocycles. The molecule has 0 amide bonds. The Bertz CT molecular complexity index is 1110. The van der Waals surface area contributed by atoms with Crippen LogP contribution in [0.15, 0.2) is 84.9 Å². The van der Waals surface area contributed by atoms with Crippen molar-refractivity contribution in [3.05, 3.63) is 168 Å². The van der Waals surface area contributed by atoms with E-state index in [2.05, 4.69) is 100 Å². The SMILES string of the molecule is CC.CC.CC.CC.[CH2-]c1ccccc1Cc1cccc(Cc2cccc(Cc3ccccc3[CH2-])c2[CH2-])c1[CH2-].[Pt+4]. The standard InChI is InChI=1S/C31H28.4C2H6.Pt/c1-22-11-5-7-13-26(22)19-28-15-9-17-30(24(28)3)21-31-18-10-16-29(25(31)4)20-27-14-8-6-12-23(27)2;4*1-2;/h5-18H,1-4,19-21H2;4*1-2H3;/q-4;;;;;+4. The monoisotopic (exact) mass is 715 g/mol. The maximum atomic E-state index is 4.42. The van der Waals surface area contributed by atoms with Crippen molar-refractivity contribution in [2.75, 3.05) is 0 Å². The van der Waals surface area contributed by atoms with Crippen molar-refractivity contribution in [1.82, 2.24) is 0 Å². The third-order valence-corrected chi connectivity index (χ3v) is 6.12. The van der Waals surface area contributed by atoms with Crippen LogP contribution in [0, 0.1) is 27.7 Å². The summed E-state index contributed by atoms with van der Waals surface area (Å²) in [6, 6.07) is 29.6. The molecule has 0 saturated heterocycles. The number of hydrogen-bond donors (Lipinski definition) is 0. The van der Waals surface area contributed by atoms with Crippen molar-refractivity contribution >= 4 is 0 Å². The zero-order chi connectivity index (χ0) is 29.8. The van der Waals surface area contributed by atoms with E-state index in [9.17, 15) is 0 Å². The van der Waals surface area contributed by atoms with Crippen LogP contribution in [0.1, 0.15) is 111 Å². The molecule has 40 heavy (non-hydrogen) atoms. The average molecular weight is 716 g/mol. The molecule has 0 nitrogen and oxygen atoms in total. The van der Waals surface area contributed by atoms with Gasteiger partial charge in [0, 0.05) is 0 Å². The summed E-state index contributed by atoms with van der Waals surface area (Å²) < 4.78 is 0. The van der Waals surface area contributed by atoms with Crippen LogP contribution in [0.2, 0.25) is 0 Å². The second-order valence-corrected chi connectivity index (χ2v) is 8.18. The fraction of sp³-hybridized carbons (Fsp3) is 0.282. The molecular weight excluding hydrogens is 664 g/mol. The van der Waals surface area contributed by atoms with Crippen LogP contribution in [-0.2, 0) is 40.3 Å². The van der Waals surface area contributed by atoms with Gasteiger partial charge < -0.3 is 0 Å².